The fourth-order valence-electron chi connectivity index (χ4n) is 1.29. The summed E-state index contributed by atoms with van der Waals surface area (Å²) in [4.78, 5) is 32.4. The zero-order chi connectivity index (χ0) is 11.9. The molecule has 0 aliphatic carbocycles. The molecule has 0 bridgehead atoms. The van der Waals surface area contributed by atoms with Crippen molar-refractivity contribution in [2.75, 3.05) is 5.43 Å². The number of hydrogen-bond acceptors (Lipinski definition) is 4. The molecule has 1 aromatic heterocycles. The Kier molecular flexibility index (Phi) is 2.12. The molecule has 6 nitrogen and oxygen atoms in total. The molecule has 1 aromatic carbocycles. The molecule has 0 unspecified atom stereocenters. The number of aryl methyl sites for hydroxylation is 1. The van der Waals surface area contributed by atoms with Crippen LogP contribution in [0.25, 0.3) is 0 Å². The third kappa shape index (κ3) is 1.60. The minimum atomic E-state index is -1.12. The molecular weight excluding hydrogens is 212 g/mol. The van der Waals surface area contributed by atoms with E-state index < -0.39 is 17.1 Å². The van der Waals surface area contributed by atoms with E-state index in [1.54, 1.807) is 13.0 Å². The predicted octanol–water partition coefficient (Wildman–Crippen LogP) is -0.0341. The molecule has 0 atom stereocenters. The molecule has 0 amide bonds. The van der Waals surface area contributed by atoms with Crippen molar-refractivity contribution in [1.82, 2.24) is 4.68 Å². The Hall–Kier alpha value is -2.37. The van der Waals surface area contributed by atoms with E-state index >= 15 is 0 Å². The molecule has 2 aromatic rings. The zero-order valence-corrected chi connectivity index (χ0v) is 8.35. The first kappa shape index (κ1) is 10.2. The lowest BCUT2D eigenvalue weighted by Crippen LogP contribution is -2.12. The molecule has 1 heterocycles. The van der Waals surface area contributed by atoms with Crippen LogP contribution in [-0.4, -0.2) is 15.8 Å². The average Bonchev–Trinajstić information content (AvgIpc) is 2.78. The van der Waals surface area contributed by atoms with Crippen molar-refractivity contribution in [2.45, 2.75) is 6.92 Å². The summed E-state index contributed by atoms with van der Waals surface area (Å²) in [5, 5.41) is 8.93. The fourth-order valence-corrected chi connectivity index (χ4v) is 1.29. The first-order valence-corrected chi connectivity index (χ1v) is 4.49. The maximum Gasteiger partial charge on any atom is 0.340 e. The van der Waals surface area contributed by atoms with Gasteiger partial charge in [0.2, 0.25) is 0 Å². The van der Waals surface area contributed by atoms with E-state index in [4.69, 9.17) is 5.11 Å². The van der Waals surface area contributed by atoms with Crippen molar-refractivity contribution in [1.29, 1.82) is 0 Å². The SMILES string of the molecule is Cc1ccc(Nn2c(=O)c2=O)c(C(=O)O)c1. The highest BCUT2D eigenvalue weighted by Gasteiger charge is 2.18. The van der Waals surface area contributed by atoms with Gasteiger partial charge in [0.05, 0.1) is 11.3 Å². The lowest BCUT2D eigenvalue weighted by atomic mass is 10.1. The Balaban J connectivity index is 2.41. The maximum atomic E-state index is 10.9. The second-order valence-corrected chi connectivity index (χ2v) is 3.41. The molecule has 0 aliphatic heterocycles. The number of hydrogen-bond donors (Lipinski definition) is 2. The second-order valence-electron chi connectivity index (χ2n) is 3.41. The van der Waals surface area contributed by atoms with Gasteiger partial charge in [0, 0.05) is 0 Å². The van der Waals surface area contributed by atoms with Gasteiger partial charge in [-0.2, -0.15) is 4.68 Å². The Labute approximate surface area is 89.4 Å². The Morgan fingerprint density at radius 3 is 2.44 bits per heavy atom. The summed E-state index contributed by atoms with van der Waals surface area (Å²) in [6.45, 7) is 1.75. The van der Waals surface area contributed by atoms with E-state index in [1.165, 1.54) is 12.1 Å². The lowest BCUT2D eigenvalue weighted by molar-refractivity contribution is 0.0698. The summed E-state index contributed by atoms with van der Waals surface area (Å²) in [6, 6.07) is 4.66. The highest BCUT2D eigenvalue weighted by molar-refractivity contribution is 5.94. The van der Waals surface area contributed by atoms with Gasteiger partial charge in [0.15, 0.2) is 0 Å². The topological polar surface area (TPSA) is 88.4 Å². The lowest BCUT2D eigenvalue weighted by Gasteiger charge is -2.06. The molecule has 0 radical (unpaired) electrons. The molecule has 0 saturated heterocycles. The van der Waals surface area contributed by atoms with E-state index in [0.717, 1.165) is 10.2 Å². The monoisotopic (exact) mass is 220 g/mol. The number of rotatable bonds is 3. The van der Waals surface area contributed by atoms with Gasteiger partial charge in [0.1, 0.15) is 0 Å². The van der Waals surface area contributed by atoms with E-state index in [0.29, 0.717) is 0 Å². The molecule has 2 rings (SSSR count). The Morgan fingerprint density at radius 2 is 1.94 bits per heavy atom. The summed E-state index contributed by atoms with van der Waals surface area (Å²) >= 11 is 0. The van der Waals surface area contributed by atoms with E-state index in [-0.39, 0.29) is 11.3 Å². The highest BCUT2D eigenvalue weighted by Crippen LogP contribution is 2.17. The Morgan fingerprint density at radius 1 is 1.31 bits per heavy atom. The quantitative estimate of drug-likeness (QED) is 0.709. The van der Waals surface area contributed by atoms with Crippen LogP contribution >= 0.6 is 0 Å². The smallest absolute Gasteiger partial charge is 0.340 e. The standard InChI is InChI=1S/C10H8N2O4/c1-5-2-3-7(6(4-5)10(15)16)11-12-8(13)9(12)14/h2-4,11H,1H3,(H,15,16). The number of benzene rings is 1. The first-order valence-electron chi connectivity index (χ1n) is 4.49. The normalized spacial score (nSPS) is 10.6. The van der Waals surface area contributed by atoms with Gasteiger partial charge in [-0.25, -0.2) is 4.79 Å². The van der Waals surface area contributed by atoms with Crippen LogP contribution in [0.15, 0.2) is 27.8 Å². The van der Waals surface area contributed by atoms with Crippen molar-refractivity contribution in [3.63, 3.8) is 0 Å². The van der Waals surface area contributed by atoms with Crippen molar-refractivity contribution >= 4 is 11.7 Å². The number of nitrogens with one attached hydrogen (secondary N) is 1. The summed E-state index contributed by atoms with van der Waals surface area (Å²) in [6.07, 6.45) is 0. The number of aromatic carboxylic acids is 1. The van der Waals surface area contributed by atoms with E-state index in [1.807, 2.05) is 0 Å². The van der Waals surface area contributed by atoms with Gasteiger partial charge in [-0.3, -0.25) is 15.0 Å². The molecule has 2 N–H and O–H groups in total. The van der Waals surface area contributed by atoms with Crippen molar-refractivity contribution in [2.24, 2.45) is 0 Å². The van der Waals surface area contributed by atoms with E-state index in [2.05, 4.69) is 5.43 Å². The minimum Gasteiger partial charge on any atom is -0.478 e. The summed E-state index contributed by atoms with van der Waals surface area (Å²) in [5.74, 6) is -1.12. The van der Waals surface area contributed by atoms with Gasteiger partial charge in [-0.1, -0.05) is 11.6 Å². The van der Waals surface area contributed by atoms with Gasteiger partial charge >= 0.3 is 17.1 Å². The average molecular weight is 220 g/mol. The molecule has 16 heavy (non-hydrogen) atoms. The second kappa shape index (κ2) is 3.34. The van der Waals surface area contributed by atoms with Crippen LogP contribution < -0.4 is 16.5 Å². The van der Waals surface area contributed by atoms with Gasteiger partial charge in [-0.15, -0.1) is 0 Å². The van der Waals surface area contributed by atoms with Crippen molar-refractivity contribution < 1.29 is 9.90 Å². The number of anilines is 1. The number of aromatic nitrogens is 1. The molecule has 82 valence electrons. The molecular formula is C10H8N2O4. The van der Waals surface area contributed by atoms with Gasteiger partial charge in [-0.05, 0) is 19.1 Å². The van der Waals surface area contributed by atoms with Crippen LogP contribution in [0.5, 0.6) is 0 Å². The highest BCUT2D eigenvalue weighted by atomic mass is 16.4. The van der Waals surface area contributed by atoms with Crippen LogP contribution in [0.3, 0.4) is 0 Å². The molecule has 0 saturated carbocycles. The minimum absolute atomic E-state index is 0.0208. The summed E-state index contributed by atoms with van der Waals surface area (Å²) in [7, 11) is 0. The Bertz CT molecular complexity index is 609. The van der Waals surface area contributed by atoms with Crippen molar-refractivity contribution in [3.05, 3.63) is 50.0 Å². The first-order chi connectivity index (χ1) is 7.50. The van der Waals surface area contributed by atoms with E-state index in [9.17, 15) is 14.4 Å². The maximum absolute atomic E-state index is 10.9. The predicted molar refractivity (Wildman–Crippen MR) is 56.5 cm³/mol. The number of carboxylic acids is 1. The number of carbonyl (C=O) groups is 1. The van der Waals surface area contributed by atoms with Crippen LogP contribution in [0.4, 0.5) is 5.69 Å². The van der Waals surface area contributed by atoms with Crippen LogP contribution in [0.1, 0.15) is 15.9 Å². The summed E-state index contributed by atoms with van der Waals surface area (Å²) < 4.78 is 0.761. The summed E-state index contributed by atoms with van der Waals surface area (Å²) in [5.41, 5.74) is 2.13. The van der Waals surface area contributed by atoms with Gasteiger partial charge < -0.3 is 5.11 Å². The van der Waals surface area contributed by atoms with Crippen LogP contribution in [-0.2, 0) is 0 Å². The third-order valence-electron chi connectivity index (χ3n) is 2.18. The van der Waals surface area contributed by atoms with Crippen LogP contribution in [0.2, 0.25) is 0 Å². The molecule has 0 aliphatic rings. The van der Waals surface area contributed by atoms with Gasteiger partial charge in [0.25, 0.3) is 0 Å². The molecule has 0 spiro atoms. The largest absolute Gasteiger partial charge is 0.478 e. The fraction of sp³-hybridized carbons (Fsp3) is 0.100. The zero-order valence-electron chi connectivity index (χ0n) is 8.35. The number of carboxylic acid groups (broad SMARTS) is 1. The molecule has 0 fully saturated rings. The number of nitrogens with zero attached hydrogens (tertiary/aromatic N) is 1. The molecule has 6 heteroatoms. The third-order valence-corrected chi connectivity index (χ3v) is 2.18. The van der Waals surface area contributed by atoms with Crippen LogP contribution in [0, 0.1) is 6.92 Å². The van der Waals surface area contributed by atoms with Crippen molar-refractivity contribution in [3.8, 4) is 0 Å².